The van der Waals surface area contributed by atoms with Crippen LogP contribution in [0.1, 0.15) is 15.9 Å². The third-order valence-corrected chi connectivity index (χ3v) is 2.44. The number of benzene rings is 1. The second-order valence-electron chi connectivity index (χ2n) is 3.98. The fourth-order valence-corrected chi connectivity index (χ4v) is 1.46. The second kappa shape index (κ2) is 5.77. The van der Waals surface area contributed by atoms with Gasteiger partial charge >= 0.3 is 0 Å². The van der Waals surface area contributed by atoms with E-state index in [0.29, 0.717) is 5.56 Å². The van der Waals surface area contributed by atoms with Crippen LogP contribution in [0.4, 0.5) is 0 Å². The van der Waals surface area contributed by atoms with Gasteiger partial charge in [-0.2, -0.15) is 0 Å². The topological polar surface area (TPSA) is 68.4 Å². The van der Waals surface area contributed by atoms with Crippen LogP contribution < -0.4 is 15.1 Å². The predicted molar refractivity (Wildman–Crippen MR) is 68.1 cm³/mol. The molecule has 0 unspecified atom stereocenters. The zero-order valence-corrected chi connectivity index (χ0v) is 10.4. The molecule has 0 saturated heterocycles. The van der Waals surface area contributed by atoms with Gasteiger partial charge in [-0.1, -0.05) is 28.4 Å². The standard InChI is InChI=1S/C14H13N3O2/c1-11-5-7-12(8-6-11)13(18)15-14(19)16-17-9-3-2-4-10-17/h2-10H,1H3,(H-,15,16,18,19). The minimum Gasteiger partial charge on any atom is -0.842 e. The van der Waals surface area contributed by atoms with Gasteiger partial charge in [0, 0.05) is 22.8 Å². The van der Waals surface area contributed by atoms with Crippen molar-refractivity contribution in [1.29, 1.82) is 0 Å². The highest BCUT2D eigenvalue weighted by Gasteiger charge is 2.05. The number of pyridine rings is 1. The number of amidine groups is 1. The van der Waals surface area contributed by atoms with Gasteiger partial charge in [0.25, 0.3) is 5.91 Å². The van der Waals surface area contributed by atoms with Crippen LogP contribution in [0, 0.1) is 6.92 Å². The maximum absolute atomic E-state index is 11.8. The molecule has 96 valence electrons. The Morgan fingerprint density at radius 1 is 1.16 bits per heavy atom. The first-order chi connectivity index (χ1) is 9.15. The van der Waals surface area contributed by atoms with Gasteiger partial charge in [-0.15, -0.1) is 0 Å². The van der Waals surface area contributed by atoms with Crippen molar-refractivity contribution in [2.75, 3.05) is 0 Å². The molecule has 0 aliphatic rings. The van der Waals surface area contributed by atoms with Crippen molar-refractivity contribution in [2.45, 2.75) is 6.92 Å². The fraction of sp³-hybridized carbons (Fsp3) is 0.0714. The summed E-state index contributed by atoms with van der Waals surface area (Å²) in [6.45, 7) is 1.92. The lowest BCUT2D eigenvalue weighted by molar-refractivity contribution is -0.681. The number of hydrogen-bond donors (Lipinski definition) is 1. The molecule has 0 aliphatic heterocycles. The van der Waals surface area contributed by atoms with E-state index in [2.05, 4.69) is 10.4 Å². The molecule has 5 heteroatoms. The molecule has 1 aromatic carbocycles. The first-order valence-corrected chi connectivity index (χ1v) is 5.75. The van der Waals surface area contributed by atoms with Crippen molar-refractivity contribution < 1.29 is 14.6 Å². The van der Waals surface area contributed by atoms with Crippen LogP contribution in [0.2, 0.25) is 0 Å². The first kappa shape index (κ1) is 12.8. The van der Waals surface area contributed by atoms with Crippen molar-refractivity contribution in [2.24, 2.45) is 5.10 Å². The average molecular weight is 255 g/mol. The fourth-order valence-electron chi connectivity index (χ4n) is 1.46. The number of aryl methyl sites for hydroxylation is 1. The Labute approximate surface area is 110 Å². The first-order valence-electron chi connectivity index (χ1n) is 5.75. The monoisotopic (exact) mass is 255 g/mol. The average Bonchev–Trinajstić information content (AvgIpc) is 2.40. The quantitative estimate of drug-likeness (QED) is 0.473. The summed E-state index contributed by atoms with van der Waals surface area (Å²) in [6, 6.07) is 11.5. The number of nitrogens with zero attached hydrogens (tertiary/aromatic N) is 2. The van der Waals surface area contributed by atoms with Gasteiger partial charge in [-0.3, -0.25) is 4.79 Å². The van der Waals surface area contributed by atoms with Gasteiger partial charge in [0.1, 0.15) is 6.02 Å². The lowest BCUT2D eigenvalue weighted by Crippen LogP contribution is -2.44. The molecular weight excluding hydrogens is 242 g/mol. The van der Waals surface area contributed by atoms with Crippen molar-refractivity contribution >= 4 is 11.9 Å². The molecule has 1 aromatic heterocycles. The lowest BCUT2D eigenvalue weighted by atomic mass is 10.1. The van der Waals surface area contributed by atoms with E-state index < -0.39 is 11.9 Å². The Kier molecular flexibility index (Phi) is 3.87. The van der Waals surface area contributed by atoms with Gasteiger partial charge < -0.3 is 10.4 Å². The number of amides is 1. The molecule has 5 nitrogen and oxygen atoms in total. The summed E-state index contributed by atoms with van der Waals surface area (Å²) >= 11 is 0. The number of aromatic nitrogens is 1. The summed E-state index contributed by atoms with van der Waals surface area (Å²) < 4.78 is 1.33. The molecule has 0 aliphatic carbocycles. The van der Waals surface area contributed by atoms with Crippen molar-refractivity contribution in [3.63, 3.8) is 0 Å². The van der Waals surface area contributed by atoms with E-state index in [-0.39, 0.29) is 0 Å². The summed E-state index contributed by atoms with van der Waals surface area (Å²) in [4.78, 5) is 11.8. The van der Waals surface area contributed by atoms with E-state index in [1.54, 1.807) is 42.7 Å². The molecule has 2 rings (SSSR count). The largest absolute Gasteiger partial charge is 0.842 e. The molecular formula is C14H13N3O2. The van der Waals surface area contributed by atoms with Crippen LogP contribution >= 0.6 is 0 Å². The van der Waals surface area contributed by atoms with Crippen molar-refractivity contribution in [1.82, 2.24) is 5.32 Å². The van der Waals surface area contributed by atoms with E-state index in [0.717, 1.165) is 5.56 Å². The van der Waals surface area contributed by atoms with E-state index in [9.17, 15) is 9.90 Å². The number of carbonyl (C=O) groups is 1. The molecule has 0 spiro atoms. The highest BCUT2D eigenvalue weighted by molar-refractivity contribution is 6.02. The van der Waals surface area contributed by atoms with Gasteiger partial charge in [0.05, 0.1) is 0 Å². The van der Waals surface area contributed by atoms with E-state index in [1.165, 1.54) is 4.68 Å². The third kappa shape index (κ3) is 3.64. The molecule has 1 heterocycles. The van der Waals surface area contributed by atoms with Crippen LogP contribution in [-0.4, -0.2) is 11.9 Å². The Hall–Kier alpha value is -2.69. The summed E-state index contributed by atoms with van der Waals surface area (Å²) in [5, 5.41) is 17.4. The smallest absolute Gasteiger partial charge is 0.256 e. The van der Waals surface area contributed by atoms with E-state index in [1.807, 2.05) is 19.1 Å². The Balaban J connectivity index is 2.06. The zero-order chi connectivity index (χ0) is 13.7. The molecule has 0 radical (unpaired) electrons. The third-order valence-electron chi connectivity index (χ3n) is 2.44. The highest BCUT2D eigenvalue weighted by atomic mass is 16.3. The van der Waals surface area contributed by atoms with Crippen LogP contribution in [0.15, 0.2) is 60.0 Å². The molecule has 0 atom stereocenters. The Morgan fingerprint density at radius 3 is 2.42 bits per heavy atom. The van der Waals surface area contributed by atoms with Gasteiger partial charge in [-0.25, -0.2) is 0 Å². The van der Waals surface area contributed by atoms with Crippen LogP contribution in [0.25, 0.3) is 0 Å². The Morgan fingerprint density at radius 2 is 1.79 bits per heavy atom. The molecule has 1 amide bonds. The van der Waals surface area contributed by atoms with E-state index in [4.69, 9.17) is 0 Å². The summed E-state index contributed by atoms with van der Waals surface area (Å²) in [6.07, 6.45) is 3.21. The van der Waals surface area contributed by atoms with Gasteiger partial charge in [0.2, 0.25) is 12.4 Å². The molecule has 0 fully saturated rings. The number of rotatable bonds is 2. The summed E-state index contributed by atoms with van der Waals surface area (Å²) in [7, 11) is 0. The van der Waals surface area contributed by atoms with Crippen LogP contribution in [0.5, 0.6) is 0 Å². The molecule has 0 saturated carbocycles. The van der Waals surface area contributed by atoms with Gasteiger partial charge in [-0.05, 0) is 19.1 Å². The lowest BCUT2D eigenvalue weighted by Gasteiger charge is -2.08. The minimum absolute atomic E-state index is 0.423. The van der Waals surface area contributed by atoms with Crippen molar-refractivity contribution in [3.8, 4) is 0 Å². The minimum atomic E-state index is -0.707. The van der Waals surface area contributed by atoms with Crippen LogP contribution in [-0.2, 0) is 0 Å². The van der Waals surface area contributed by atoms with Crippen LogP contribution in [0.3, 0.4) is 0 Å². The normalized spacial score (nSPS) is 11.1. The molecule has 19 heavy (non-hydrogen) atoms. The highest BCUT2D eigenvalue weighted by Crippen LogP contribution is 2.02. The number of nitrogens with one attached hydrogen (secondary N) is 1. The Bertz CT molecular complexity index is 592. The number of carbonyl (C=O) groups excluding carboxylic acids is 1. The van der Waals surface area contributed by atoms with E-state index >= 15 is 0 Å². The maximum atomic E-state index is 11.8. The second-order valence-corrected chi connectivity index (χ2v) is 3.98. The predicted octanol–water partition coefficient (Wildman–Crippen LogP) is 0.192. The summed E-state index contributed by atoms with van der Waals surface area (Å²) in [5.41, 5.74) is 1.47. The maximum Gasteiger partial charge on any atom is 0.256 e. The SMILES string of the molecule is Cc1ccc(C(=O)N/C([O-])=N\[n+]2ccccc2)cc1. The number of hydrogen-bond acceptors (Lipinski definition) is 3. The zero-order valence-electron chi connectivity index (χ0n) is 10.4. The molecule has 1 N–H and O–H groups in total. The molecule has 2 aromatic rings. The molecule has 0 bridgehead atoms. The van der Waals surface area contributed by atoms with Gasteiger partial charge in [0.15, 0.2) is 0 Å². The van der Waals surface area contributed by atoms with Crippen molar-refractivity contribution in [3.05, 3.63) is 66.0 Å². The summed E-state index contributed by atoms with van der Waals surface area (Å²) in [5.74, 6) is -0.467.